The van der Waals surface area contributed by atoms with Gasteiger partial charge in [-0.3, -0.25) is 0 Å². The van der Waals surface area contributed by atoms with Crippen LogP contribution in [-0.4, -0.2) is 9.55 Å². The summed E-state index contributed by atoms with van der Waals surface area (Å²) in [5, 5.41) is 1.24. The summed E-state index contributed by atoms with van der Waals surface area (Å²) in [4.78, 5) is 4.45. The lowest BCUT2D eigenvalue weighted by atomic mass is 9.92. The zero-order chi connectivity index (χ0) is 11.1. The van der Waals surface area contributed by atoms with Gasteiger partial charge in [-0.05, 0) is 25.1 Å². The number of rotatable bonds is 1. The third kappa shape index (κ3) is 1.65. The van der Waals surface area contributed by atoms with Gasteiger partial charge in [-0.2, -0.15) is 0 Å². The van der Waals surface area contributed by atoms with Crippen molar-refractivity contribution < 1.29 is 0 Å². The minimum atomic E-state index is 0.177. The van der Waals surface area contributed by atoms with E-state index in [1.807, 2.05) is 12.3 Å². The summed E-state index contributed by atoms with van der Waals surface area (Å²) in [5.74, 6) is 0. The molecule has 2 aromatic heterocycles. The summed E-state index contributed by atoms with van der Waals surface area (Å²) in [5.41, 5.74) is 2.64. The molecule has 0 aromatic carbocycles. The number of pyridine rings is 1. The molecule has 2 heteroatoms. The maximum Gasteiger partial charge on any atom is 0.140 e. The molecule has 0 spiro atoms. The fourth-order valence-corrected chi connectivity index (χ4v) is 2.03. The SMILES string of the molecule is CCn1c(C(C)(C)C)cc2cccnc21. The van der Waals surface area contributed by atoms with Crippen LogP contribution in [0.5, 0.6) is 0 Å². The highest BCUT2D eigenvalue weighted by atomic mass is 15.0. The molecule has 0 aliphatic rings. The first-order chi connectivity index (χ1) is 7.04. The summed E-state index contributed by atoms with van der Waals surface area (Å²) in [6.45, 7) is 9.88. The molecule has 0 aliphatic heterocycles. The highest BCUT2D eigenvalue weighted by Crippen LogP contribution is 2.28. The second-order valence-electron chi connectivity index (χ2n) is 4.94. The van der Waals surface area contributed by atoms with Gasteiger partial charge in [0.2, 0.25) is 0 Å². The van der Waals surface area contributed by atoms with Gasteiger partial charge in [0.1, 0.15) is 5.65 Å². The van der Waals surface area contributed by atoms with E-state index in [0.717, 1.165) is 12.2 Å². The molecule has 0 unspecified atom stereocenters. The Hall–Kier alpha value is -1.31. The van der Waals surface area contributed by atoms with E-state index >= 15 is 0 Å². The Kier molecular flexibility index (Phi) is 2.29. The van der Waals surface area contributed by atoms with Crippen molar-refractivity contribution in [1.29, 1.82) is 0 Å². The molecule has 2 rings (SSSR count). The number of hydrogen-bond donors (Lipinski definition) is 0. The molecule has 0 bridgehead atoms. The smallest absolute Gasteiger partial charge is 0.140 e. The molecular weight excluding hydrogens is 184 g/mol. The Morgan fingerprint density at radius 1 is 1.33 bits per heavy atom. The molecule has 0 aliphatic carbocycles. The number of fused-ring (bicyclic) bond motifs is 1. The summed E-state index contributed by atoms with van der Waals surface area (Å²) >= 11 is 0. The highest BCUT2D eigenvalue weighted by molar-refractivity contribution is 5.77. The fraction of sp³-hybridized carbons (Fsp3) is 0.462. The Morgan fingerprint density at radius 2 is 2.07 bits per heavy atom. The average Bonchev–Trinajstić information content (AvgIpc) is 2.55. The van der Waals surface area contributed by atoms with Crippen LogP contribution < -0.4 is 0 Å². The van der Waals surface area contributed by atoms with Crippen LogP contribution in [0.2, 0.25) is 0 Å². The standard InChI is InChI=1S/C13H18N2/c1-5-15-11(13(2,3)4)9-10-7-6-8-14-12(10)15/h6-9H,5H2,1-4H3. The first kappa shape index (κ1) is 10.2. The maximum atomic E-state index is 4.45. The van der Waals surface area contributed by atoms with Crippen LogP contribution in [-0.2, 0) is 12.0 Å². The fourth-order valence-electron chi connectivity index (χ4n) is 2.03. The average molecular weight is 202 g/mol. The van der Waals surface area contributed by atoms with Gasteiger partial charge < -0.3 is 4.57 Å². The van der Waals surface area contributed by atoms with Crippen molar-refractivity contribution in [2.24, 2.45) is 0 Å². The van der Waals surface area contributed by atoms with Gasteiger partial charge in [0.15, 0.2) is 0 Å². The molecule has 0 atom stereocenters. The highest BCUT2D eigenvalue weighted by Gasteiger charge is 2.20. The largest absolute Gasteiger partial charge is 0.329 e. The number of nitrogens with zero attached hydrogens (tertiary/aromatic N) is 2. The van der Waals surface area contributed by atoms with Crippen molar-refractivity contribution in [3.05, 3.63) is 30.1 Å². The van der Waals surface area contributed by atoms with Crippen molar-refractivity contribution in [3.63, 3.8) is 0 Å². The van der Waals surface area contributed by atoms with Gasteiger partial charge >= 0.3 is 0 Å². The third-order valence-corrected chi connectivity index (χ3v) is 2.74. The van der Waals surface area contributed by atoms with E-state index in [1.54, 1.807) is 0 Å². The Morgan fingerprint density at radius 3 is 2.67 bits per heavy atom. The van der Waals surface area contributed by atoms with Gasteiger partial charge in [0.05, 0.1) is 0 Å². The van der Waals surface area contributed by atoms with Crippen LogP contribution in [0.15, 0.2) is 24.4 Å². The predicted octanol–water partition coefficient (Wildman–Crippen LogP) is 3.35. The van der Waals surface area contributed by atoms with Crippen molar-refractivity contribution in [2.45, 2.75) is 39.7 Å². The molecule has 2 heterocycles. The van der Waals surface area contributed by atoms with Crippen molar-refractivity contribution in [1.82, 2.24) is 9.55 Å². The van der Waals surface area contributed by atoms with Gasteiger partial charge in [-0.1, -0.05) is 20.8 Å². The monoisotopic (exact) mass is 202 g/mol. The normalized spacial score (nSPS) is 12.3. The Balaban J connectivity index is 2.75. The molecule has 2 nitrogen and oxygen atoms in total. The van der Waals surface area contributed by atoms with E-state index in [1.165, 1.54) is 11.1 Å². The van der Waals surface area contributed by atoms with Crippen LogP contribution in [0.4, 0.5) is 0 Å². The molecule has 0 fully saturated rings. The molecule has 0 amide bonds. The molecular formula is C13H18N2. The summed E-state index contributed by atoms with van der Waals surface area (Å²) in [7, 11) is 0. The molecule has 0 saturated heterocycles. The summed E-state index contributed by atoms with van der Waals surface area (Å²) in [6.07, 6.45) is 1.86. The van der Waals surface area contributed by atoms with E-state index in [9.17, 15) is 0 Å². The number of hydrogen-bond acceptors (Lipinski definition) is 1. The quantitative estimate of drug-likeness (QED) is 0.693. The van der Waals surface area contributed by atoms with Crippen molar-refractivity contribution in [3.8, 4) is 0 Å². The second-order valence-corrected chi connectivity index (χ2v) is 4.94. The van der Waals surface area contributed by atoms with Crippen LogP contribution in [0.25, 0.3) is 11.0 Å². The van der Waals surface area contributed by atoms with Gasteiger partial charge in [-0.25, -0.2) is 4.98 Å². The van der Waals surface area contributed by atoms with Crippen LogP contribution in [0.1, 0.15) is 33.4 Å². The van der Waals surface area contributed by atoms with E-state index in [2.05, 4.69) is 49.4 Å². The van der Waals surface area contributed by atoms with Crippen molar-refractivity contribution in [2.75, 3.05) is 0 Å². The van der Waals surface area contributed by atoms with E-state index in [-0.39, 0.29) is 5.41 Å². The Bertz CT molecular complexity index is 475. The minimum Gasteiger partial charge on any atom is -0.329 e. The third-order valence-electron chi connectivity index (χ3n) is 2.74. The molecule has 2 aromatic rings. The van der Waals surface area contributed by atoms with Gasteiger partial charge in [0.25, 0.3) is 0 Å². The van der Waals surface area contributed by atoms with E-state index in [0.29, 0.717) is 0 Å². The Labute approximate surface area is 90.9 Å². The van der Waals surface area contributed by atoms with E-state index in [4.69, 9.17) is 0 Å². The predicted molar refractivity (Wildman–Crippen MR) is 64.1 cm³/mol. The molecule has 15 heavy (non-hydrogen) atoms. The zero-order valence-electron chi connectivity index (χ0n) is 9.91. The van der Waals surface area contributed by atoms with Crippen LogP contribution >= 0.6 is 0 Å². The van der Waals surface area contributed by atoms with E-state index < -0.39 is 0 Å². The van der Waals surface area contributed by atoms with Gasteiger partial charge in [-0.15, -0.1) is 0 Å². The van der Waals surface area contributed by atoms with Gasteiger partial charge in [0, 0.05) is 29.2 Å². The minimum absolute atomic E-state index is 0.177. The lowest BCUT2D eigenvalue weighted by Gasteiger charge is -2.20. The first-order valence-corrected chi connectivity index (χ1v) is 5.49. The molecule has 0 saturated carbocycles. The molecule has 0 radical (unpaired) electrons. The zero-order valence-corrected chi connectivity index (χ0v) is 9.91. The molecule has 80 valence electrons. The lowest BCUT2D eigenvalue weighted by molar-refractivity contribution is 0.530. The number of aromatic nitrogens is 2. The second kappa shape index (κ2) is 3.37. The molecule has 0 N–H and O–H groups in total. The first-order valence-electron chi connectivity index (χ1n) is 5.49. The van der Waals surface area contributed by atoms with Crippen LogP contribution in [0.3, 0.4) is 0 Å². The summed E-state index contributed by atoms with van der Waals surface area (Å²) in [6, 6.07) is 6.38. The number of aryl methyl sites for hydroxylation is 1. The topological polar surface area (TPSA) is 17.8 Å². The summed E-state index contributed by atoms with van der Waals surface area (Å²) < 4.78 is 2.30. The maximum absolute atomic E-state index is 4.45. The van der Waals surface area contributed by atoms with Crippen LogP contribution in [0, 0.1) is 0 Å². The lowest BCUT2D eigenvalue weighted by Crippen LogP contribution is -2.17. The van der Waals surface area contributed by atoms with Crippen molar-refractivity contribution >= 4 is 11.0 Å².